The van der Waals surface area contributed by atoms with Crippen molar-refractivity contribution >= 4 is 49.7 Å². The Hall–Kier alpha value is -0.600. The van der Waals surface area contributed by atoms with Gasteiger partial charge in [-0.25, -0.2) is 4.85 Å². The van der Waals surface area contributed by atoms with E-state index in [0.717, 1.165) is 14.0 Å². The highest BCUT2D eigenvalue weighted by Gasteiger charge is 2.07. The molecule has 3 heteroatoms. The summed E-state index contributed by atoms with van der Waals surface area (Å²) in [5, 5.41) is 1.09. The highest BCUT2D eigenvalue weighted by molar-refractivity contribution is 14.1. The van der Waals surface area contributed by atoms with Crippen LogP contribution in [0.4, 0.5) is 5.69 Å². The Kier molecular flexibility index (Phi) is 2.03. The highest BCUT2D eigenvalue weighted by Crippen LogP contribution is 2.38. The Morgan fingerprint density at radius 1 is 1.33 bits per heavy atom. The van der Waals surface area contributed by atoms with Crippen LogP contribution in [-0.2, 0) is 0 Å². The molecule has 0 radical (unpaired) electrons. The van der Waals surface area contributed by atoms with E-state index in [-0.39, 0.29) is 0 Å². The minimum Gasteiger partial charge on any atom is -0.235 e. The molecule has 0 saturated heterocycles. The van der Waals surface area contributed by atoms with Crippen LogP contribution in [0.3, 0.4) is 0 Å². The van der Waals surface area contributed by atoms with Crippen molar-refractivity contribution in [3.05, 3.63) is 38.6 Å². The molecule has 0 aliphatic carbocycles. The summed E-state index contributed by atoms with van der Waals surface area (Å²) in [6.07, 6.45) is 0. The lowest BCUT2D eigenvalue weighted by Gasteiger charge is -1.86. The molecule has 0 aliphatic rings. The van der Waals surface area contributed by atoms with Crippen LogP contribution >= 0.6 is 33.9 Å². The van der Waals surface area contributed by atoms with Crippen LogP contribution in [0.15, 0.2) is 24.3 Å². The molecule has 0 bridgehead atoms. The van der Waals surface area contributed by atoms with Gasteiger partial charge in [-0.3, -0.25) is 0 Å². The molecule has 0 atom stereocenters. The van der Waals surface area contributed by atoms with Crippen molar-refractivity contribution in [1.29, 1.82) is 0 Å². The van der Waals surface area contributed by atoms with Crippen molar-refractivity contribution in [1.82, 2.24) is 0 Å². The molecule has 58 valence electrons. The lowest BCUT2D eigenvalue weighted by atomic mass is 10.2. The number of hydrogen-bond donors (Lipinski definition) is 0. The average molecular weight is 285 g/mol. The van der Waals surface area contributed by atoms with Gasteiger partial charge in [-0.2, -0.15) is 0 Å². The van der Waals surface area contributed by atoms with Gasteiger partial charge >= 0.3 is 0 Å². The zero-order valence-corrected chi connectivity index (χ0v) is 9.02. The molecule has 12 heavy (non-hydrogen) atoms. The Bertz CT molecular complexity index is 467. The molecular weight excluding hydrogens is 281 g/mol. The maximum absolute atomic E-state index is 7.01. The second kappa shape index (κ2) is 3.04. The first-order chi connectivity index (χ1) is 5.83. The number of hydrogen-bond acceptors (Lipinski definition) is 1. The summed E-state index contributed by atoms with van der Waals surface area (Å²) >= 11 is 3.89. The molecule has 1 nitrogen and oxygen atoms in total. The van der Waals surface area contributed by atoms with E-state index in [1.165, 1.54) is 4.70 Å². The quantitative estimate of drug-likeness (QED) is 0.508. The van der Waals surface area contributed by atoms with Crippen LogP contribution in [-0.4, -0.2) is 0 Å². The van der Waals surface area contributed by atoms with Crippen molar-refractivity contribution in [2.75, 3.05) is 0 Å². The lowest BCUT2D eigenvalue weighted by Crippen LogP contribution is -1.60. The Morgan fingerprint density at radius 3 is 2.83 bits per heavy atom. The van der Waals surface area contributed by atoms with E-state index in [0.29, 0.717) is 0 Å². The minimum absolute atomic E-state index is 0.802. The number of thiophene rings is 1. The maximum atomic E-state index is 7.01. The largest absolute Gasteiger partial charge is 0.235 e. The van der Waals surface area contributed by atoms with E-state index in [1.54, 1.807) is 11.3 Å². The third-order valence-electron chi connectivity index (χ3n) is 1.64. The number of halogens is 1. The van der Waals surface area contributed by atoms with E-state index in [1.807, 2.05) is 18.2 Å². The minimum atomic E-state index is 0.802. The molecule has 0 spiro atoms. The fourth-order valence-corrected chi connectivity index (χ4v) is 3.10. The fraction of sp³-hybridized carbons (Fsp3) is 0. The molecule has 0 saturated carbocycles. The van der Waals surface area contributed by atoms with Gasteiger partial charge in [0, 0.05) is 4.70 Å². The van der Waals surface area contributed by atoms with Crippen molar-refractivity contribution < 1.29 is 0 Å². The monoisotopic (exact) mass is 285 g/mol. The summed E-state index contributed by atoms with van der Waals surface area (Å²) in [4.78, 5) is 3.51. The molecule has 2 rings (SSSR count). The van der Waals surface area contributed by atoms with Crippen molar-refractivity contribution in [2.24, 2.45) is 0 Å². The van der Waals surface area contributed by atoms with Crippen LogP contribution < -0.4 is 0 Å². The first kappa shape index (κ1) is 8.02. The molecular formula is C9H4INS. The van der Waals surface area contributed by atoms with Crippen LogP contribution in [0.5, 0.6) is 0 Å². The summed E-state index contributed by atoms with van der Waals surface area (Å²) in [6.45, 7) is 7.01. The third-order valence-corrected chi connectivity index (χ3v) is 3.76. The van der Waals surface area contributed by atoms with E-state index < -0.39 is 0 Å². The molecule has 0 amide bonds. The average Bonchev–Trinajstić information content (AvgIpc) is 2.40. The molecule has 1 heterocycles. The molecule has 0 N–H and O–H groups in total. The lowest BCUT2D eigenvalue weighted by molar-refractivity contribution is 1.85. The molecule has 0 aliphatic heterocycles. The molecule has 0 unspecified atom stereocenters. The predicted molar refractivity (Wildman–Crippen MR) is 60.8 cm³/mol. The standard InChI is InChI=1S/C9H4INS/c1-11-8-6-4-2-3-5-7(6)12-9(8)10/h2-5H. The van der Waals surface area contributed by atoms with Crippen LogP contribution in [0.1, 0.15) is 0 Å². The molecule has 2 aromatic rings. The van der Waals surface area contributed by atoms with Gasteiger partial charge in [0.2, 0.25) is 5.69 Å². The molecule has 1 aromatic heterocycles. The van der Waals surface area contributed by atoms with Gasteiger partial charge in [0.1, 0.15) is 0 Å². The van der Waals surface area contributed by atoms with Crippen LogP contribution in [0, 0.1) is 9.46 Å². The van der Waals surface area contributed by atoms with E-state index >= 15 is 0 Å². The first-order valence-electron chi connectivity index (χ1n) is 3.37. The van der Waals surface area contributed by atoms with Gasteiger partial charge in [-0.15, -0.1) is 11.3 Å². The van der Waals surface area contributed by atoms with Crippen molar-refractivity contribution in [2.45, 2.75) is 0 Å². The van der Waals surface area contributed by atoms with Crippen LogP contribution in [0.2, 0.25) is 0 Å². The normalized spacial score (nSPS) is 10.0. The van der Waals surface area contributed by atoms with E-state index in [2.05, 4.69) is 33.5 Å². The van der Waals surface area contributed by atoms with E-state index in [4.69, 9.17) is 6.57 Å². The first-order valence-corrected chi connectivity index (χ1v) is 5.27. The summed E-state index contributed by atoms with van der Waals surface area (Å²) in [6, 6.07) is 8.03. The van der Waals surface area contributed by atoms with Gasteiger partial charge in [0.25, 0.3) is 0 Å². The zero-order valence-electron chi connectivity index (χ0n) is 6.04. The number of nitrogens with zero attached hydrogens (tertiary/aromatic N) is 1. The number of rotatable bonds is 0. The Balaban J connectivity index is 2.93. The SMILES string of the molecule is [C-]#[N+]c1c(I)sc2ccccc12. The summed E-state index contributed by atoms with van der Waals surface area (Å²) in [5.74, 6) is 0. The summed E-state index contributed by atoms with van der Waals surface area (Å²) in [5.41, 5.74) is 0.802. The van der Waals surface area contributed by atoms with Gasteiger partial charge in [-0.1, -0.05) is 18.2 Å². The fourth-order valence-electron chi connectivity index (χ4n) is 1.11. The molecule has 1 aromatic carbocycles. The smallest absolute Gasteiger partial charge is 0.218 e. The summed E-state index contributed by atoms with van der Waals surface area (Å²) in [7, 11) is 0. The summed E-state index contributed by atoms with van der Waals surface area (Å²) < 4.78 is 2.29. The number of fused-ring (bicyclic) bond motifs is 1. The van der Waals surface area contributed by atoms with Crippen molar-refractivity contribution in [3.63, 3.8) is 0 Å². The highest BCUT2D eigenvalue weighted by atomic mass is 127. The second-order valence-corrected chi connectivity index (χ2v) is 5.20. The van der Waals surface area contributed by atoms with E-state index in [9.17, 15) is 0 Å². The van der Waals surface area contributed by atoms with Gasteiger partial charge in [0.05, 0.1) is 9.46 Å². The Morgan fingerprint density at radius 2 is 2.08 bits per heavy atom. The Labute approximate surface area is 88.0 Å². The zero-order chi connectivity index (χ0) is 8.55. The maximum Gasteiger partial charge on any atom is 0.218 e. The van der Waals surface area contributed by atoms with Crippen molar-refractivity contribution in [3.8, 4) is 0 Å². The topological polar surface area (TPSA) is 4.36 Å². The second-order valence-electron chi connectivity index (χ2n) is 2.33. The molecule has 0 fully saturated rings. The van der Waals surface area contributed by atoms with Crippen LogP contribution in [0.25, 0.3) is 14.9 Å². The number of benzene rings is 1. The third kappa shape index (κ3) is 1.11. The van der Waals surface area contributed by atoms with Gasteiger partial charge < -0.3 is 0 Å². The van der Waals surface area contributed by atoms with Gasteiger partial charge in [0.15, 0.2) is 0 Å². The van der Waals surface area contributed by atoms with Gasteiger partial charge in [-0.05, 0) is 34.0 Å². The predicted octanol–water partition coefficient (Wildman–Crippen LogP) is 4.06.